The van der Waals surface area contributed by atoms with E-state index in [-0.39, 0.29) is 5.91 Å². The Morgan fingerprint density at radius 1 is 1.22 bits per heavy atom. The summed E-state index contributed by atoms with van der Waals surface area (Å²) in [6.07, 6.45) is 0.705. The number of carbonyl (C=O) groups is 1. The zero-order valence-corrected chi connectivity index (χ0v) is 14.1. The van der Waals surface area contributed by atoms with E-state index in [9.17, 15) is 9.90 Å². The number of hydrogen-bond acceptors (Lipinski definition) is 4. The van der Waals surface area contributed by atoms with E-state index < -0.39 is 12.1 Å². The second kappa shape index (κ2) is 7.44. The molecule has 0 radical (unpaired) electrons. The van der Waals surface area contributed by atoms with Gasteiger partial charge in [0.05, 0.1) is 17.7 Å². The van der Waals surface area contributed by atoms with Gasteiger partial charge in [-0.2, -0.15) is 0 Å². The van der Waals surface area contributed by atoms with Gasteiger partial charge < -0.3 is 15.3 Å². The van der Waals surface area contributed by atoms with Crippen LogP contribution in [0.1, 0.15) is 28.9 Å². The number of anilines is 1. The van der Waals surface area contributed by atoms with Crippen molar-refractivity contribution in [2.24, 2.45) is 0 Å². The van der Waals surface area contributed by atoms with E-state index in [0.29, 0.717) is 16.1 Å². The van der Waals surface area contributed by atoms with E-state index in [2.05, 4.69) is 10.3 Å². The molecule has 6 heteroatoms. The highest BCUT2D eigenvalue weighted by atomic mass is 35.5. The topological polar surface area (TPSA) is 65.5 Å². The normalized spacial score (nSPS) is 13.3. The summed E-state index contributed by atoms with van der Waals surface area (Å²) >= 11 is 5.83. The van der Waals surface area contributed by atoms with Crippen molar-refractivity contribution in [3.63, 3.8) is 0 Å². The Bertz CT molecular complexity index is 657. The molecule has 1 aromatic heterocycles. The molecule has 5 nitrogen and oxygen atoms in total. The van der Waals surface area contributed by atoms with Crippen LogP contribution in [-0.4, -0.2) is 36.1 Å². The van der Waals surface area contributed by atoms with Crippen molar-refractivity contribution in [3.8, 4) is 0 Å². The van der Waals surface area contributed by atoms with Gasteiger partial charge in [-0.15, -0.1) is 0 Å². The summed E-state index contributed by atoms with van der Waals surface area (Å²) in [6, 6.07) is 9.93. The van der Waals surface area contributed by atoms with Crippen LogP contribution in [0.2, 0.25) is 5.02 Å². The summed E-state index contributed by atoms with van der Waals surface area (Å²) in [4.78, 5) is 18.3. The summed E-state index contributed by atoms with van der Waals surface area (Å²) in [6.45, 7) is 1.75. The van der Waals surface area contributed by atoms with E-state index in [1.807, 2.05) is 19.0 Å². The highest BCUT2D eigenvalue weighted by Gasteiger charge is 2.19. The molecule has 2 rings (SSSR count). The van der Waals surface area contributed by atoms with Crippen molar-refractivity contribution in [3.05, 3.63) is 58.7 Å². The lowest BCUT2D eigenvalue weighted by Gasteiger charge is -2.21. The maximum atomic E-state index is 12.2. The quantitative estimate of drug-likeness (QED) is 0.883. The maximum absolute atomic E-state index is 12.2. The van der Waals surface area contributed by atoms with Crippen molar-refractivity contribution in [1.29, 1.82) is 0 Å². The first-order chi connectivity index (χ1) is 10.9. The van der Waals surface area contributed by atoms with Crippen molar-refractivity contribution in [1.82, 2.24) is 10.3 Å². The van der Waals surface area contributed by atoms with Gasteiger partial charge in [-0.1, -0.05) is 23.7 Å². The van der Waals surface area contributed by atoms with Gasteiger partial charge in [0.1, 0.15) is 5.82 Å². The Morgan fingerprint density at radius 3 is 2.39 bits per heavy atom. The van der Waals surface area contributed by atoms with Crippen LogP contribution >= 0.6 is 11.6 Å². The smallest absolute Gasteiger partial charge is 0.253 e. The number of benzene rings is 1. The number of hydrogen-bond donors (Lipinski definition) is 2. The molecule has 2 atom stereocenters. The molecule has 2 N–H and O–H groups in total. The number of pyridine rings is 1. The molecule has 23 heavy (non-hydrogen) atoms. The summed E-state index contributed by atoms with van der Waals surface area (Å²) in [5.74, 6) is 0.499. The number of nitrogens with zero attached hydrogens (tertiary/aromatic N) is 2. The highest BCUT2D eigenvalue weighted by molar-refractivity contribution is 6.30. The lowest BCUT2D eigenvalue weighted by atomic mass is 10.0. The molecule has 0 aliphatic rings. The Morgan fingerprint density at radius 2 is 1.87 bits per heavy atom. The van der Waals surface area contributed by atoms with Crippen LogP contribution in [0.25, 0.3) is 0 Å². The summed E-state index contributed by atoms with van der Waals surface area (Å²) < 4.78 is 0. The van der Waals surface area contributed by atoms with Crippen molar-refractivity contribution in [2.75, 3.05) is 19.0 Å². The SMILES string of the molecule is CC(NC(=O)c1ccc(N(C)C)nc1)C(O)c1ccc(Cl)cc1. The fraction of sp³-hybridized carbons (Fsp3) is 0.294. The first-order valence-electron chi connectivity index (χ1n) is 7.26. The Hall–Kier alpha value is -2.11. The Labute approximate surface area is 140 Å². The Kier molecular flexibility index (Phi) is 5.58. The molecule has 2 aromatic rings. The zero-order valence-electron chi connectivity index (χ0n) is 13.3. The van der Waals surface area contributed by atoms with E-state index in [4.69, 9.17) is 11.6 Å². The van der Waals surface area contributed by atoms with Crippen LogP contribution in [0.5, 0.6) is 0 Å². The molecular formula is C17H20ClN3O2. The predicted octanol–water partition coefficient (Wildman–Crippen LogP) is 2.65. The van der Waals surface area contributed by atoms with Gasteiger partial charge >= 0.3 is 0 Å². The minimum Gasteiger partial charge on any atom is -0.386 e. The van der Waals surface area contributed by atoms with E-state index in [0.717, 1.165) is 5.82 Å². The van der Waals surface area contributed by atoms with Crippen LogP contribution in [-0.2, 0) is 0 Å². The molecule has 122 valence electrons. The third-order valence-corrected chi connectivity index (χ3v) is 3.76. The monoisotopic (exact) mass is 333 g/mol. The summed E-state index contributed by atoms with van der Waals surface area (Å²) in [5.41, 5.74) is 1.15. The van der Waals surface area contributed by atoms with Crippen LogP contribution < -0.4 is 10.2 Å². The standard InChI is InChI=1S/C17H20ClN3O2/c1-11(16(22)12-4-7-14(18)8-5-12)20-17(23)13-6-9-15(19-10-13)21(2)3/h4-11,16,22H,1-3H3,(H,20,23). The molecule has 2 unspecified atom stereocenters. The fourth-order valence-electron chi connectivity index (χ4n) is 2.10. The largest absolute Gasteiger partial charge is 0.386 e. The second-order valence-electron chi connectivity index (χ2n) is 5.56. The molecule has 0 bridgehead atoms. The first kappa shape index (κ1) is 17.2. The van der Waals surface area contributed by atoms with Gasteiger partial charge in [0.15, 0.2) is 0 Å². The molecule has 0 aliphatic heterocycles. The lowest BCUT2D eigenvalue weighted by molar-refractivity contribution is 0.0851. The average molecular weight is 334 g/mol. The molecule has 0 fully saturated rings. The van der Waals surface area contributed by atoms with Crippen LogP contribution in [0.15, 0.2) is 42.6 Å². The first-order valence-corrected chi connectivity index (χ1v) is 7.64. The number of amides is 1. The number of aromatic nitrogens is 1. The second-order valence-corrected chi connectivity index (χ2v) is 5.99. The lowest BCUT2D eigenvalue weighted by Crippen LogP contribution is -2.37. The minimum absolute atomic E-state index is 0.275. The van der Waals surface area contributed by atoms with Crippen molar-refractivity contribution >= 4 is 23.3 Å². The van der Waals surface area contributed by atoms with E-state index in [1.165, 1.54) is 6.20 Å². The highest BCUT2D eigenvalue weighted by Crippen LogP contribution is 2.19. The Balaban J connectivity index is 2.02. The number of aliphatic hydroxyl groups excluding tert-OH is 1. The third kappa shape index (κ3) is 4.43. The predicted molar refractivity (Wildman–Crippen MR) is 91.9 cm³/mol. The number of rotatable bonds is 5. The summed E-state index contributed by atoms with van der Waals surface area (Å²) in [7, 11) is 3.76. The van der Waals surface area contributed by atoms with Crippen LogP contribution in [0, 0.1) is 0 Å². The number of nitrogens with one attached hydrogen (secondary N) is 1. The van der Waals surface area contributed by atoms with Gasteiger partial charge in [0.2, 0.25) is 0 Å². The number of aliphatic hydroxyl groups is 1. The van der Waals surface area contributed by atoms with Crippen LogP contribution in [0.4, 0.5) is 5.82 Å². The van der Waals surface area contributed by atoms with Gasteiger partial charge in [-0.05, 0) is 36.8 Å². The molecule has 0 saturated carbocycles. The van der Waals surface area contributed by atoms with Gasteiger partial charge in [-0.3, -0.25) is 4.79 Å². The molecule has 0 aliphatic carbocycles. The van der Waals surface area contributed by atoms with Crippen molar-refractivity contribution in [2.45, 2.75) is 19.1 Å². The average Bonchev–Trinajstić information content (AvgIpc) is 2.54. The molecular weight excluding hydrogens is 314 g/mol. The van der Waals surface area contributed by atoms with Crippen molar-refractivity contribution < 1.29 is 9.90 Å². The zero-order chi connectivity index (χ0) is 17.0. The molecule has 1 amide bonds. The summed E-state index contributed by atoms with van der Waals surface area (Å²) in [5, 5.41) is 13.7. The van der Waals surface area contributed by atoms with Gasteiger partial charge in [0.25, 0.3) is 5.91 Å². The van der Waals surface area contributed by atoms with Crippen LogP contribution in [0.3, 0.4) is 0 Å². The minimum atomic E-state index is -0.815. The maximum Gasteiger partial charge on any atom is 0.253 e. The van der Waals surface area contributed by atoms with E-state index >= 15 is 0 Å². The molecule has 0 spiro atoms. The third-order valence-electron chi connectivity index (χ3n) is 3.51. The molecule has 1 heterocycles. The van der Waals surface area contributed by atoms with Gasteiger partial charge in [0, 0.05) is 25.3 Å². The fourth-order valence-corrected chi connectivity index (χ4v) is 2.23. The number of carbonyl (C=O) groups excluding carboxylic acids is 1. The number of halogens is 1. The molecule has 1 aromatic carbocycles. The van der Waals surface area contributed by atoms with E-state index in [1.54, 1.807) is 43.3 Å². The molecule has 0 saturated heterocycles. The van der Waals surface area contributed by atoms with Gasteiger partial charge in [-0.25, -0.2) is 4.98 Å².